The molecule has 1 aliphatic carbocycles. The van der Waals surface area contributed by atoms with Crippen LogP contribution in [0.4, 0.5) is 0 Å². The summed E-state index contributed by atoms with van der Waals surface area (Å²) in [5.74, 6) is 0.994. The van der Waals surface area contributed by atoms with E-state index < -0.39 is 0 Å². The van der Waals surface area contributed by atoms with E-state index in [1.807, 2.05) is 0 Å². The Kier molecular flexibility index (Phi) is 4.31. The molecular weight excluding hydrogens is 224 g/mol. The van der Waals surface area contributed by atoms with Crippen molar-refractivity contribution in [3.63, 3.8) is 0 Å². The van der Waals surface area contributed by atoms with E-state index in [1.165, 1.54) is 12.8 Å². The second-order valence-electron chi connectivity index (χ2n) is 6.50. The molecule has 2 fully saturated rings. The molecule has 1 saturated carbocycles. The molecule has 2 aliphatic rings. The molecule has 1 atom stereocenters. The number of carbonyl (C=O) groups excluding carboxylic acids is 1. The van der Waals surface area contributed by atoms with Gasteiger partial charge in [-0.15, -0.1) is 0 Å². The highest BCUT2D eigenvalue weighted by molar-refractivity contribution is 5.83. The topological polar surface area (TPSA) is 32.3 Å². The summed E-state index contributed by atoms with van der Waals surface area (Å²) in [6.07, 6.45) is 5.61. The van der Waals surface area contributed by atoms with Crippen molar-refractivity contribution in [1.82, 2.24) is 10.2 Å². The van der Waals surface area contributed by atoms with Crippen LogP contribution in [0.2, 0.25) is 0 Å². The molecule has 1 N–H and O–H groups in total. The summed E-state index contributed by atoms with van der Waals surface area (Å²) >= 11 is 0. The lowest BCUT2D eigenvalue weighted by molar-refractivity contribution is -0.144. The SMILES string of the molecule is CCC1(C(=O)N(CC(C)C)C2CC2)CCCNC1. The van der Waals surface area contributed by atoms with Gasteiger partial charge in [-0.05, 0) is 44.6 Å². The molecule has 0 aromatic rings. The van der Waals surface area contributed by atoms with E-state index in [-0.39, 0.29) is 5.41 Å². The van der Waals surface area contributed by atoms with Crippen LogP contribution in [-0.4, -0.2) is 36.5 Å². The smallest absolute Gasteiger partial charge is 0.230 e. The molecule has 1 unspecified atom stereocenters. The van der Waals surface area contributed by atoms with Gasteiger partial charge in [-0.2, -0.15) is 0 Å². The minimum Gasteiger partial charge on any atom is -0.339 e. The lowest BCUT2D eigenvalue weighted by Crippen LogP contribution is -2.53. The Balaban J connectivity index is 2.09. The van der Waals surface area contributed by atoms with E-state index in [1.54, 1.807) is 0 Å². The Labute approximate surface area is 111 Å². The molecule has 3 nitrogen and oxygen atoms in total. The number of piperidine rings is 1. The van der Waals surface area contributed by atoms with Gasteiger partial charge in [0, 0.05) is 19.1 Å². The Hall–Kier alpha value is -0.570. The van der Waals surface area contributed by atoms with Crippen molar-refractivity contribution in [2.45, 2.75) is 58.9 Å². The van der Waals surface area contributed by atoms with Crippen LogP contribution in [0.3, 0.4) is 0 Å². The van der Waals surface area contributed by atoms with E-state index in [9.17, 15) is 4.79 Å². The first-order chi connectivity index (χ1) is 8.59. The van der Waals surface area contributed by atoms with Gasteiger partial charge in [0.05, 0.1) is 5.41 Å². The molecule has 104 valence electrons. The summed E-state index contributed by atoms with van der Waals surface area (Å²) in [7, 11) is 0. The zero-order valence-electron chi connectivity index (χ0n) is 12.2. The third-order valence-corrected chi connectivity index (χ3v) is 4.41. The summed E-state index contributed by atoms with van der Waals surface area (Å²) in [6, 6.07) is 0.547. The largest absolute Gasteiger partial charge is 0.339 e. The standard InChI is InChI=1S/C15H28N2O/c1-4-15(8-5-9-16-11-15)14(18)17(10-12(2)3)13-6-7-13/h12-13,16H,4-11H2,1-3H3. The van der Waals surface area contributed by atoms with Crippen molar-refractivity contribution in [3.05, 3.63) is 0 Å². The van der Waals surface area contributed by atoms with E-state index in [2.05, 4.69) is 31.0 Å². The Morgan fingerprint density at radius 1 is 1.44 bits per heavy atom. The molecule has 2 rings (SSSR count). The molecule has 18 heavy (non-hydrogen) atoms. The molecule has 1 saturated heterocycles. The first-order valence-corrected chi connectivity index (χ1v) is 7.61. The van der Waals surface area contributed by atoms with Crippen LogP contribution in [-0.2, 0) is 4.79 Å². The van der Waals surface area contributed by atoms with E-state index in [4.69, 9.17) is 0 Å². The van der Waals surface area contributed by atoms with Crippen LogP contribution in [0, 0.1) is 11.3 Å². The fraction of sp³-hybridized carbons (Fsp3) is 0.933. The Morgan fingerprint density at radius 2 is 2.17 bits per heavy atom. The van der Waals surface area contributed by atoms with E-state index >= 15 is 0 Å². The highest BCUT2D eigenvalue weighted by atomic mass is 16.2. The third-order valence-electron chi connectivity index (χ3n) is 4.41. The Bertz CT molecular complexity index is 291. The van der Waals surface area contributed by atoms with Crippen molar-refractivity contribution in [2.24, 2.45) is 11.3 Å². The second kappa shape index (κ2) is 5.60. The first kappa shape index (κ1) is 13.9. The van der Waals surface area contributed by atoms with Crippen molar-refractivity contribution in [2.75, 3.05) is 19.6 Å². The predicted octanol–water partition coefficient (Wildman–Crippen LogP) is 2.41. The van der Waals surface area contributed by atoms with Gasteiger partial charge in [0.25, 0.3) is 0 Å². The fourth-order valence-corrected chi connectivity index (χ4v) is 3.09. The summed E-state index contributed by atoms with van der Waals surface area (Å²) < 4.78 is 0. The van der Waals surface area contributed by atoms with Gasteiger partial charge < -0.3 is 10.2 Å². The van der Waals surface area contributed by atoms with Gasteiger partial charge in [-0.3, -0.25) is 4.79 Å². The highest BCUT2D eigenvalue weighted by Gasteiger charge is 2.44. The van der Waals surface area contributed by atoms with Gasteiger partial charge in [0.2, 0.25) is 5.91 Å². The number of amides is 1. The number of hydrogen-bond donors (Lipinski definition) is 1. The first-order valence-electron chi connectivity index (χ1n) is 7.61. The maximum atomic E-state index is 13.0. The zero-order chi connectivity index (χ0) is 13.2. The van der Waals surface area contributed by atoms with Crippen LogP contribution in [0.1, 0.15) is 52.9 Å². The summed E-state index contributed by atoms with van der Waals surface area (Å²) in [6.45, 7) is 9.48. The monoisotopic (exact) mass is 252 g/mol. The van der Waals surface area contributed by atoms with Crippen LogP contribution in [0.25, 0.3) is 0 Å². The van der Waals surface area contributed by atoms with Crippen LogP contribution in [0.15, 0.2) is 0 Å². The summed E-state index contributed by atoms with van der Waals surface area (Å²) in [4.78, 5) is 15.1. The highest BCUT2D eigenvalue weighted by Crippen LogP contribution is 2.37. The molecule has 0 aromatic heterocycles. The average Bonchev–Trinajstić information content (AvgIpc) is 3.20. The summed E-state index contributed by atoms with van der Waals surface area (Å²) in [5.41, 5.74) is -0.115. The maximum Gasteiger partial charge on any atom is 0.230 e. The molecule has 3 heteroatoms. The van der Waals surface area contributed by atoms with E-state index in [0.717, 1.165) is 38.9 Å². The molecular formula is C15H28N2O. The number of nitrogens with zero attached hydrogens (tertiary/aromatic N) is 1. The zero-order valence-corrected chi connectivity index (χ0v) is 12.2. The minimum atomic E-state index is -0.115. The number of rotatable bonds is 5. The number of nitrogens with one attached hydrogen (secondary N) is 1. The molecule has 0 aromatic carbocycles. The van der Waals surface area contributed by atoms with Gasteiger partial charge in [0.15, 0.2) is 0 Å². The van der Waals surface area contributed by atoms with Gasteiger partial charge in [-0.1, -0.05) is 20.8 Å². The van der Waals surface area contributed by atoms with Crippen molar-refractivity contribution in [1.29, 1.82) is 0 Å². The molecule has 1 aliphatic heterocycles. The van der Waals surface area contributed by atoms with Gasteiger partial charge in [-0.25, -0.2) is 0 Å². The number of carbonyl (C=O) groups is 1. The van der Waals surface area contributed by atoms with Crippen LogP contribution < -0.4 is 5.32 Å². The van der Waals surface area contributed by atoms with Gasteiger partial charge >= 0.3 is 0 Å². The average molecular weight is 252 g/mol. The van der Waals surface area contributed by atoms with Gasteiger partial charge in [0.1, 0.15) is 0 Å². The Morgan fingerprint density at radius 3 is 2.61 bits per heavy atom. The molecule has 0 radical (unpaired) electrons. The van der Waals surface area contributed by atoms with Crippen molar-refractivity contribution in [3.8, 4) is 0 Å². The summed E-state index contributed by atoms with van der Waals surface area (Å²) in [5, 5.41) is 3.43. The quantitative estimate of drug-likeness (QED) is 0.815. The van der Waals surface area contributed by atoms with Crippen molar-refractivity contribution >= 4 is 5.91 Å². The molecule has 1 amide bonds. The van der Waals surface area contributed by atoms with Crippen LogP contribution >= 0.6 is 0 Å². The van der Waals surface area contributed by atoms with Crippen molar-refractivity contribution < 1.29 is 4.79 Å². The maximum absolute atomic E-state index is 13.0. The lowest BCUT2D eigenvalue weighted by Gasteiger charge is -2.40. The molecule has 0 spiro atoms. The molecule has 0 bridgehead atoms. The fourth-order valence-electron chi connectivity index (χ4n) is 3.09. The normalized spacial score (nSPS) is 28.4. The number of hydrogen-bond acceptors (Lipinski definition) is 2. The van der Waals surface area contributed by atoms with Crippen LogP contribution in [0.5, 0.6) is 0 Å². The predicted molar refractivity (Wildman–Crippen MR) is 74.4 cm³/mol. The third kappa shape index (κ3) is 2.87. The second-order valence-corrected chi connectivity index (χ2v) is 6.50. The van der Waals surface area contributed by atoms with E-state index in [0.29, 0.717) is 17.9 Å². The minimum absolute atomic E-state index is 0.115. The lowest BCUT2D eigenvalue weighted by atomic mass is 9.77. The molecule has 1 heterocycles.